The van der Waals surface area contributed by atoms with Gasteiger partial charge in [-0.1, -0.05) is 25.5 Å². The maximum absolute atomic E-state index is 4.55. The average Bonchev–Trinajstić information content (AvgIpc) is 2.71. The van der Waals surface area contributed by atoms with Gasteiger partial charge >= 0.3 is 0 Å². The second-order valence-electron chi connectivity index (χ2n) is 4.31. The van der Waals surface area contributed by atoms with E-state index < -0.39 is 0 Å². The van der Waals surface area contributed by atoms with E-state index in [0.29, 0.717) is 0 Å². The Bertz CT molecular complexity index is 520. The molecule has 2 rings (SSSR count). The van der Waals surface area contributed by atoms with Crippen molar-refractivity contribution in [1.82, 2.24) is 9.55 Å². The zero-order valence-corrected chi connectivity index (χ0v) is 12.9. The van der Waals surface area contributed by atoms with E-state index in [1.807, 2.05) is 6.92 Å². The number of aromatic nitrogens is 2. The number of rotatable bonds is 5. The number of halogens is 1. The van der Waals surface area contributed by atoms with Crippen LogP contribution in [-0.4, -0.2) is 16.1 Å². The molecule has 1 aromatic heterocycles. The van der Waals surface area contributed by atoms with Crippen LogP contribution in [0.5, 0.6) is 0 Å². The number of para-hydroxylation sites is 1. The average molecular weight is 355 g/mol. The molecule has 0 atom stereocenters. The lowest BCUT2D eigenvalue weighted by atomic mass is 10.3. The number of hydrogen-bond acceptors (Lipinski definition) is 2. The fourth-order valence-electron chi connectivity index (χ4n) is 1.83. The van der Waals surface area contributed by atoms with Gasteiger partial charge in [0, 0.05) is 16.3 Å². The zero-order chi connectivity index (χ0) is 13.0. The molecule has 0 unspecified atom stereocenters. The Hall–Kier alpha value is -1.04. The maximum Gasteiger partial charge on any atom is 0.207 e. The van der Waals surface area contributed by atoms with Crippen LogP contribution in [0.2, 0.25) is 0 Å². The molecule has 1 aromatic carbocycles. The number of benzene rings is 1. The van der Waals surface area contributed by atoms with Gasteiger partial charge < -0.3 is 5.32 Å². The van der Waals surface area contributed by atoms with Crippen LogP contribution in [0.1, 0.15) is 25.5 Å². The first-order valence-electron chi connectivity index (χ1n) is 6.27. The molecular formula is C14H18IN3. The largest absolute Gasteiger partial charge is 0.355 e. The molecule has 4 heteroatoms. The van der Waals surface area contributed by atoms with Crippen LogP contribution in [-0.2, 0) is 0 Å². The molecule has 1 N–H and O–H groups in total. The van der Waals surface area contributed by atoms with E-state index in [1.165, 1.54) is 15.7 Å². The Kier molecular flexibility index (Phi) is 4.63. The molecule has 96 valence electrons. The van der Waals surface area contributed by atoms with Crippen molar-refractivity contribution in [2.75, 3.05) is 11.9 Å². The van der Waals surface area contributed by atoms with Crippen molar-refractivity contribution in [1.29, 1.82) is 0 Å². The molecule has 0 aliphatic heterocycles. The normalized spacial score (nSPS) is 10.6. The Labute approximate surface area is 122 Å². The molecule has 0 saturated carbocycles. The van der Waals surface area contributed by atoms with Gasteiger partial charge in [-0.15, -0.1) is 0 Å². The zero-order valence-electron chi connectivity index (χ0n) is 10.8. The van der Waals surface area contributed by atoms with Gasteiger partial charge in [0.25, 0.3) is 0 Å². The summed E-state index contributed by atoms with van der Waals surface area (Å²) >= 11 is 2.36. The minimum absolute atomic E-state index is 0.935. The van der Waals surface area contributed by atoms with Gasteiger partial charge in [0.2, 0.25) is 5.95 Å². The highest BCUT2D eigenvalue weighted by Gasteiger charge is 2.09. The third-order valence-corrected chi connectivity index (χ3v) is 3.66. The molecule has 0 aliphatic rings. The summed E-state index contributed by atoms with van der Waals surface area (Å²) in [7, 11) is 0. The number of aryl methyl sites for hydroxylation is 1. The quantitative estimate of drug-likeness (QED) is 0.649. The lowest BCUT2D eigenvalue weighted by Gasteiger charge is -2.10. The molecule has 18 heavy (non-hydrogen) atoms. The minimum Gasteiger partial charge on any atom is -0.355 e. The highest BCUT2D eigenvalue weighted by atomic mass is 127. The van der Waals surface area contributed by atoms with Crippen molar-refractivity contribution in [3.63, 3.8) is 0 Å². The molecule has 0 bridgehead atoms. The lowest BCUT2D eigenvalue weighted by Crippen LogP contribution is -2.08. The number of unbranched alkanes of at least 4 members (excludes halogenated alkanes) is 1. The second kappa shape index (κ2) is 6.22. The van der Waals surface area contributed by atoms with E-state index in [9.17, 15) is 0 Å². The second-order valence-corrected chi connectivity index (χ2v) is 5.47. The Morgan fingerprint density at radius 2 is 2.11 bits per heavy atom. The summed E-state index contributed by atoms with van der Waals surface area (Å²) in [6, 6.07) is 8.34. The number of nitrogens with one attached hydrogen (secondary N) is 1. The fourth-order valence-corrected chi connectivity index (χ4v) is 2.48. The Morgan fingerprint density at radius 1 is 1.33 bits per heavy atom. The highest BCUT2D eigenvalue weighted by Crippen LogP contribution is 2.21. The van der Waals surface area contributed by atoms with E-state index in [1.54, 1.807) is 0 Å². The van der Waals surface area contributed by atoms with Crippen LogP contribution < -0.4 is 5.32 Å². The van der Waals surface area contributed by atoms with Crippen LogP contribution in [0.3, 0.4) is 0 Å². The molecule has 2 aromatic rings. The molecule has 0 aliphatic carbocycles. The van der Waals surface area contributed by atoms with Crippen LogP contribution in [0.4, 0.5) is 5.95 Å². The predicted octanol–water partition coefficient (Wildman–Crippen LogP) is 4.00. The summed E-state index contributed by atoms with van der Waals surface area (Å²) in [5.41, 5.74) is 2.21. The van der Waals surface area contributed by atoms with E-state index in [0.717, 1.165) is 24.6 Å². The summed E-state index contributed by atoms with van der Waals surface area (Å²) in [4.78, 5) is 4.55. The van der Waals surface area contributed by atoms with Crippen molar-refractivity contribution >= 4 is 28.5 Å². The number of hydrogen-bond donors (Lipinski definition) is 1. The van der Waals surface area contributed by atoms with Crippen molar-refractivity contribution in [2.45, 2.75) is 26.7 Å². The van der Waals surface area contributed by atoms with Gasteiger partial charge in [-0.25, -0.2) is 4.98 Å². The monoisotopic (exact) mass is 355 g/mol. The third-order valence-electron chi connectivity index (χ3n) is 2.75. The summed E-state index contributed by atoms with van der Waals surface area (Å²) in [6.45, 7) is 5.19. The van der Waals surface area contributed by atoms with E-state index in [-0.39, 0.29) is 0 Å². The molecule has 0 amide bonds. The third kappa shape index (κ3) is 3.04. The smallest absolute Gasteiger partial charge is 0.207 e. The van der Waals surface area contributed by atoms with E-state index >= 15 is 0 Å². The van der Waals surface area contributed by atoms with Crippen LogP contribution in [0.15, 0.2) is 30.5 Å². The minimum atomic E-state index is 0.935. The van der Waals surface area contributed by atoms with Crippen molar-refractivity contribution in [2.24, 2.45) is 0 Å². The Balaban J connectivity index is 2.30. The predicted molar refractivity (Wildman–Crippen MR) is 84.4 cm³/mol. The van der Waals surface area contributed by atoms with E-state index in [2.05, 4.69) is 74.8 Å². The van der Waals surface area contributed by atoms with Crippen molar-refractivity contribution in [3.05, 3.63) is 39.7 Å². The molecule has 0 radical (unpaired) electrons. The molecule has 0 saturated heterocycles. The molecule has 0 spiro atoms. The van der Waals surface area contributed by atoms with Crippen molar-refractivity contribution < 1.29 is 0 Å². The lowest BCUT2D eigenvalue weighted by molar-refractivity contribution is 0.823. The number of anilines is 1. The first-order chi connectivity index (χ1) is 8.72. The molecule has 0 fully saturated rings. The topological polar surface area (TPSA) is 29.9 Å². The molecule has 3 nitrogen and oxygen atoms in total. The molecule has 1 heterocycles. The summed E-state index contributed by atoms with van der Waals surface area (Å²) in [6.07, 6.45) is 4.43. The van der Waals surface area contributed by atoms with Gasteiger partial charge in [-0.3, -0.25) is 4.57 Å². The first kappa shape index (κ1) is 13.4. The number of imidazole rings is 1. The highest BCUT2D eigenvalue weighted by molar-refractivity contribution is 14.1. The van der Waals surface area contributed by atoms with Gasteiger partial charge in [-0.05, 0) is 48.1 Å². The fraction of sp³-hybridized carbons (Fsp3) is 0.357. The van der Waals surface area contributed by atoms with Gasteiger partial charge in [0.05, 0.1) is 11.4 Å². The van der Waals surface area contributed by atoms with Gasteiger partial charge in [-0.2, -0.15) is 0 Å². The number of nitrogens with zero attached hydrogens (tertiary/aromatic N) is 2. The summed E-state index contributed by atoms with van der Waals surface area (Å²) in [5.74, 6) is 0.935. The van der Waals surface area contributed by atoms with Gasteiger partial charge in [0.15, 0.2) is 0 Å². The van der Waals surface area contributed by atoms with Gasteiger partial charge in [0.1, 0.15) is 0 Å². The SMILES string of the molecule is CCCCNc1nc(C)cn1-c1ccccc1I. The van der Waals surface area contributed by atoms with Crippen molar-refractivity contribution in [3.8, 4) is 5.69 Å². The molecular weight excluding hydrogens is 337 g/mol. The summed E-state index contributed by atoms with van der Waals surface area (Å²) < 4.78 is 3.36. The first-order valence-corrected chi connectivity index (χ1v) is 7.35. The maximum atomic E-state index is 4.55. The van der Waals surface area contributed by atoms with E-state index in [4.69, 9.17) is 0 Å². The summed E-state index contributed by atoms with van der Waals surface area (Å²) in [5, 5.41) is 3.41. The Morgan fingerprint density at radius 3 is 2.83 bits per heavy atom. The standard InChI is InChI=1S/C14H18IN3/c1-3-4-9-16-14-17-11(2)10-18(14)13-8-6-5-7-12(13)15/h5-8,10H,3-4,9H2,1-2H3,(H,16,17). The van der Waals surface area contributed by atoms with Crippen LogP contribution in [0.25, 0.3) is 5.69 Å². The van der Waals surface area contributed by atoms with Crippen LogP contribution >= 0.6 is 22.6 Å². The van der Waals surface area contributed by atoms with Crippen LogP contribution in [0, 0.1) is 10.5 Å².